The highest BCUT2D eigenvalue weighted by molar-refractivity contribution is 8.00. The van der Waals surface area contributed by atoms with Gasteiger partial charge < -0.3 is 0 Å². The highest BCUT2D eigenvalue weighted by Crippen LogP contribution is 2.36. The maximum Gasteiger partial charge on any atom is 0.446 e. The van der Waals surface area contributed by atoms with E-state index in [4.69, 9.17) is 0 Å². The Bertz CT molecular complexity index is 733. The number of alkyl halides is 3. The van der Waals surface area contributed by atoms with E-state index in [2.05, 4.69) is 10.9 Å². The molecular weight excluding hydrogens is 369 g/mol. The second-order valence-corrected chi connectivity index (χ2v) is 8.48. The van der Waals surface area contributed by atoms with Gasteiger partial charge in [0.15, 0.2) is 9.84 Å². The predicted molar refractivity (Wildman–Crippen MR) is 80.7 cm³/mol. The Balaban J connectivity index is 1.87. The molecule has 132 valence electrons. The summed E-state index contributed by atoms with van der Waals surface area (Å²) >= 11 is -0.302. The zero-order valence-corrected chi connectivity index (χ0v) is 13.7. The Kier molecular flexibility index (Phi) is 5.43. The molecular formula is C13H13F3N2O4S2. The van der Waals surface area contributed by atoms with E-state index in [1.54, 1.807) is 0 Å². The predicted octanol–water partition coefficient (Wildman–Crippen LogP) is 1.49. The molecule has 1 atom stereocenters. The molecule has 24 heavy (non-hydrogen) atoms. The SMILES string of the molecule is O=C(NNC(=O)[C@@H]1CCS(=O)(=O)C1)c1ccc(SC(F)(F)F)cc1. The molecule has 1 fully saturated rings. The fraction of sp³-hybridized carbons (Fsp3) is 0.385. The van der Waals surface area contributed by atoms with Crippen LogP contribution in [0.15, 0.2) is 29.2 Å². The summed E-state index contributed by atoms with van der Waals surface area (Å²) in [4.78, 5) is 23.5. The maximum absolute atomic E-state index is 12.2. The average Bonchev–Trinajstić information content (AvgIpc) is 2.84. The molecule has 0 radical (unpaired) electrons. The molecule has 1 aromatic rings. The van der Waals surface area contributed by atoms with E-state index < -0.39 is 33.1 Å². The molecule has 0 aliphatic carbocycles. The molecule has 2 rings (SSSR count). The lowest BCUT2D eigenvalue weighted by Gasteiger charge is -2.11. The number of thioether (sulfide) groups is 1. The van der Waals surface area contributed by atoms with Crippen molar-refractivity contribution in [3.8, 4) is 0 Å². The van der Waals surface area contributed by atoms with E-state index in [0.717, 1.165) is 12.1 Å². The van der Waals surface area contributed by atoms with Crippen molar-refractivity contribution in [3.63, 3.8) is 0 Å². The van der Waals surface area contributed by atoms with Gasteiger partial charge in [0.25, 0.3) is 5.91 Å². The van der Waals surface area contributed by atoms with Crippen molar-refractivity contribution in [2.45, 2.75) is 16.8 Å². The summed E-state index contributed by atoms with van der Waals surface area (Å²) in [6.07, 6.45) is 0.188. The van der Waals surface area contributed by atoms with E-state index in [9.17, 15) is 31.2 Å². The van der Waals surface area contributed by atoms with Crippen LogP contribution in [-0.2, 0) is 14.6 Å². The number of halogens is 3. The normalized spacial score (nSPS) is 19.7. The van der Waals surface area contributed by atoms with Gasteiger partial charge >= 0.3 is 5.51 Å². The summed E-state index contributed by atoms with van der Waals surface area (Å²) in [5.41, 5.74) is -0.127. The van der Waals surface area contributed by atoms with E-state index in [1.807, 2.05) is 0 Å². The largest absolute Gasteiger partial charge is 0.446 e. The summed E-state index contributed by atoms with van der Waals surface area (Å²) in [6.45, 7) is 0. The number of benzene rings is 1. The van der Waals surface area contributed by atoms with E-state index in [-0.39, 0.29) is 40.1 Å². The number of rotatable bonds is 3. The van der Waals surface area contributed by atoms with Gasteiger partial charge in [0.05, 0.1) is 17.4 Å². The Morgan fingerprint density at radius 3 is 2.25 bits per heavy atom. The van der Waals surface area contributed by atoms with Crippen LogP contribution in [-0.4, -0.2) is 37.2 Å². The van der Waals surface area contributed by atoms with Gasteiger partial charge in [-0.25, -0.2) is 8.42 Å². The van der Waals surface area contributed by atoms with Crippen LogP contribution >= 0.6 is 11.8 Å². The molecule has 0 bridgehead atoms. The zero-order chi connectivity index (χ0) is 18.0. The lowest BCUT2D eigenvalue weighted by molar-refractivity contribution is -0.125. The van der Waals surface area contributed by atoms with Crippen molar-refractivity contribution in [1.29, 1.82) is 0 Å². The van der Waals surface area contributed by atoms with Crippen molar-refractivity contribution in [1.82, 2.24) is 10.9 Å². The Hall–Kier alpha value is -1.75. The number of amides is 2. The average molecular weight is 382 g/mol. The lowest BCUT2D eigenvalue weighted by Crippen LogP contribution is -2.44. The zero-order valence-electron chi connectivity index (χ0n) is 12.1. The second kappa shape index (κ2) is 7.01. The number of carbonyl (C=O) groups excluding carboxylic acids is 2. The van der Waals surface area contributed by atoms with Crippen LogP contribution in [0.4, 0.5) is 13.2 Å². The molecule has 0 saturated carbocycles. The monoisotopic (exact) mass is 382 g/mol. The third-order valence-corrected chi connectivity index (χ3v) is 5.76. The first kappa shape index (κ1) is 18.6. The summed E-state index contributed by atoms with van der Waals surface area (Å²) in [5.74, 6) is -2.39. The van der Waals surface area contributed by atoms with Gasteiger partial charge in [-0.2, -0.15) is 13.2 Å². The first-order chi connectivity index (χ1) is 11.1. The van der Waals surface area contributed by atoms with Crippen molar-refractivity contribution in [2.75, 3.05) is 11.5 Å². The highest BCUT2D eigenvalue weighted by atomic mass is 32.2. The van der Waals surface area contributed by atoms with Gasteiger partial charge in [-0.05, 0) is 42.4 Å². The number of hydrogen-bond acceptors (Lipinski definition) is 5. The molecule has 2 N–H and O–H groups in total. The third kappa shape index (κ3) is 5.41. The van der Waals surface area contributed by atoms with Crippen LogP contribution in [0, 0.1) is 5.92 Å². The molecule has 2 amide bonds. The molecule has 0 spiro atoms. The number of sulfone groups is 1. The molecule has 6 nitrogen and oxygen atoms in total. The molecule has 1 saturated heterocycles. The first-order valence-electron chi connectivity index (χ1n) is 6.72. The van der Waals surface area contributed by atoms with Crippen molar-refractivity contribution < 1.29 is 31.2 Å². The molecule has 1 heterocycles. The molecule has 11 heteroatoms. The smallest absolute Gasteiger partial charge is 0.273 e. The fourth-order valence-electron chi connectivity index (χ4n) is 2.10. The van der Waals surface area contributed by atoms with Crippen LogP contribution in [0.3, 0.4) is 0 Å². The van der Waals surface area contributed by atoms with Crippen LogP contribution in [0.2, 0.25) is 0 Å². The Morgan fingerprint density at radius 2 is 1.75 bits per heavy atom. The van der Waals surface area contributed by atoms with Crippen LogP contribution in [0.5, 0.6) is 0 Å². The minimum absolute atomic E-state index is 0.0564. The van der Waals surface area contributed by atoms with Crippen LogP contribution < -0.4 is 10.9 Å². The molecule has 1 aliphatic rings. The highest BCUT2D eigenvalue weighted by Gasteiger charge is 2.33. The van der Waals surface area contributed by atoms with Crippen LogP contribution in [0.1, 0.15) is 16.8 Å². The van der Waals surface area contributed by atoms with Gasteiger partial charge in [-0.3, -0.25) is 20.4 Å². The molecule has 0 aromatic heterocycles. The topological polar surface area (TPSA) is 92.3 Å². The summed E-state index contributed by atoms with van der Waals surface area (Å²) in [6, 6.07) is 4.65. The maximum atomic E-state index is 12.2. The first-order valence-corrected chi connectivity index (χ1v) is 9.36. The number of nitrogens with one attached hydrogen (secondary N) is 2. The van der Waals surface area contributed by atoms with Crippen molar-refractivity contribution in [2.24, 2.45) is 5.92 Å². The van der Waals surface area contributed by atoms with Gasteiger partial charge in [-0.15, -0.1) is 0 Å². The molecule has 1 aliphatic heterocycles. The summed E-state index contributed by atoms with van der Waals surface area (Å²) < 4.78 is 59.2. The number of carbonyl (C=O) groups is 2. The second-order valence-electron chi connectivity index (χ2n) is 5.12. The van der Waals surface area contributed by atoms with Gasteiger partial charge in [0.2, 0.25) is 5.91 Å². The van der Waals surface area contributed by atoms with E-state index >= 15 is 0 Å². The van der Waals surface area contributed by atoms with E-state index in [0.29, 0.717) is 0 Å². The molecule has 1 aromatic carbocycles. The standard InChI is InChI=1S/C13H13F3N2O4S2/c14-13(15,16)23-10-3-1-8(2-4-10)11(19)17-18-12(20)9-5-6-24(21,22)7-9/h1-4,9H,5-7H2,(H,17,19)(H,18,20)/t9-/m1/s1. The summed E-state index contributed by atoms with van der Waals surface area (Å²) in [5, 5.41) is 0. The molecule has 0 unspecified atom stereocenters. The van der Waals surface area contributed by atoms with Gasteiger partial charge in [-0.1, -0.05) is 0 Å². The third-order valence-electron chi connectivity index (χ3n) is 3.25. The van der Waals surface area contributed by atoms with Crippen molar-refractivity contribution >= 4 is 33.4 Å². The minimum atomic E-state index is -4.42. The van der Waals surface area contributed by atoms with Crippen molar-refractivity contribution in [3.05, 3.63) is 29.8 Å². The van der Waals surface area contributed by atoms with Crippen LogP contribution in [0.25, 0.3) is 0 Å². The minimum Gasteiger partial charge on any atom is -0.273 e. The van der Waals surface area contributed by atoms with E-state index in [1.165, 1.54) is 12.1 Å². The summed E-state index contributed by atoms with van der Waals surface area (Å²) in [7, 11) is -3.22. The quantitative estimate of drug-likeness (QED) is 0.611. The number of hydrazine groups is 1. The van der Waals surface area contributed by atoms with Gasteiger partial charge in [0.1, 0.15) is 0 Å². The fourth-order valence-corrected chi connectivity index (χ4v) is 4.38. The Labute approximate surface area is 140 Å². The Morgan fingerprint density at radius 1 is 1.12 bits per heavy atom. The number of hydrogen-bond donors (Lipinski definition) is 2. The lowest BCUT2D eigenvalue weighted by atomic mass is 10.1. The van der Waals surface area contributed by atoms with Gasteiger partial charge in [0, 0.05) is 10.5 Å².